The van der Waals surface area contributed by atoms with E-state index in [1.165, 1.54) is 77.0 Å². The molecule has 4 N–H and O–H groups in total. The van der Waals surface area contributed by atoms with Gasteiger partial charge in [-0.1, -0.05) is 90.9 Å². The fourth-order valence-electron chi connectivity index (χ4n) is 2.54. The molecular weight excluding hydrogens is 274 g/mol. The van der Waals surface area contributed by atoms with Crippen molar-refractivity contribution in [1.82, 2.24) is 6.15 Å². The van der Waals surface area contributed by atoms with Gasteiger partial charge in [0.05, 0.1) is 6.61 Å². The maximum atomic E-state index is 11.5. The fourth-order valence-corrected chi connectivity index (χ4v) is 2.54. The standard InChI is InChI=1S/C19H38O2.H3N/c1-3-5-7-9-11-12-14-16-18-21-19(20)17-15-13-10-8-6-4-2;/h3-18H2,1-2H3;1H3/p+1. The number of hydrogen-bond acceptors (Lipinski definition) is 2. The molecule has 0 aromatic rings. The molecule has 0 aromatic heterocycles. The molecule has 0 aromatic carbocycles. The first-order valence-electron chi connectivity index (χ1n) is 9.46. The van der Waals surface area contributed by atoms with E-state index in [1.807, 2.05) is 0 Å². The minimum absolute atomic E-state index is 0. The minimum atomic E-state index is 0. The van der Waals surface area contributed by atoms with Crippen molar-refractivity contribution < 1.29 is 9.53 Å². The number of quaternary nitrogens is 1. The molecule has 0 amide bonds. The molecule has 3 heteroatoms. The van der Waals surface area contributed by atoms with Crippen molar-refractivity contribution >= 4 is 5.97 Å². The number of unbranched alkanes of at least 4 members (excludes halogenated alkanes) is 12. The van der Waals surface area contributed by atoms with Gasteiger partial charge in [0.1, 0.15) is 0 Å². The summed E-state index contributed by atoms with van der Waals surface area (Å²) in [4.78, 5) is 11.5. The molecule has 0 fully saturated rings. The molecule has 0 bridgehead atoms. The molecule has 22 heavy (non-hydrogen) atoms. The summed E-state index contributed by atoms with van der Waals surface area (Å²) in [5, 5.41) is 0. The van der Waals surface area contributed by atoms with Crippen molar-refractivity contribution in [3.8, 4) is 0 Å². The largest absolute Gasteiger partial charge is 0.466 e. The highest BCUT2D eigenvalue weighted by atomic mass is 16.5. The minimum Gasteiger partial charge on any atom is -0.466 e. The normalized spacial score (nSPS) is 10.3. The van der Waals surface area contributed by atoms with E-state index in [9.17, 15) is 4.79 Å². The molecule has 0 heterocycles. The highest BCUT2D eigenvalue weighted by Crippen LogP contribution is 2.09. The molecule has 0 rings (SSSR count). The van der Waals surface area contributed by atoms with E-state index >= 15 is 0 Å². The van der Waals surface area contributed by atoms with Gasteiger partial charge in [-0.15, -0.1) is 0 Å². The van der Waals surface area contributed by atoms with Crippen molar-refractivity contribution in [1.29, 1.82) is 0 Å². The summed E-state index contributed by atoms with van der Waals surface area (Å²) in [5.41, 5.74) is 0. The van der Waals surface area contributed by atoms with E-state index in [0.29, 0.717) is 13.0 Å². The Labute approximate surface area is 139 Å². The van der Waals surface area contributed by atoms with Gasteiger partial charge in [0.15, 0.2) is 0 Å². The van der Waals surface area contributed by atoms with E-state index in [-0.39, 0.29) is 12.1 Å². The van der Waals surface area contributed by atoms with Crippen LogP contribution in [0.25, 0.3) is 0 Å². The zero-order valence-electron chi connectivity index (χ0n) is 15.6. The van der Waals surface area contributed by atoms with E-state index in [0.717, 1.165) is 12.8 Å². The first-order valence-corrected chi connectivity index (χ1v) is 9.46. The average Bonchev–Trinajstić information content (AvgIpc) is 2.49. The Morgan fingerprint density at radius 1 is 0.636 bits per heavy atom. The number of carbonyl (C=O) groups excluding carboxylic acids is 1. The van der Waals surface area contributed by atoms with Gasteiger partial charge in [0.2, 0.25) is 0 Å². The molecule has 0 saturated heterocycles. The van der Waals surface area contributed by atoms with Crippen LogP contribution >= 0.6 is 0 Å². The molecule has 0 atom stereocenters. The molecule has 0 unspecified atom stereocenters. The number of carbonyl (C=O) groups is 1. The monoisotopic (exact) mass is 316 g/mol. The SMILES string of the molecule is CCCCCCCCCCOC(=O)CCCCCCCC.[NH4+]. The van der Waals surface area contributed by atoms with E-state index in [2.05, 4.69) is 13.8 Å². The maximum absolute atomic E-state index is 11.5. The Bertz CT molecular complexity index is 219. The highest BCUT2D eigenvalue weighted by molar-refractivity contribution is 5.69. The van der Waals surface area contributed by atoms with Gasteiger partial charge >= 0.3 is 5.97 Å². The van der Waals surface area contributed by atoms with Crippen LogP contribution in [0.2, 0.25) is 0 Å². The first kappa shape index (κ1) is 23.7. The zero-order valence-corrected chi connectivity index (χ0v) is 15.6. The molecule has 134 valence electrons. The number of rotatable bonds is 16. The number of hydrogen-bond donors (Lipinski definition) is 1. The maximum Gasteiger partial charge on any atom is 0.305 e. The summed E-state index contributed by atoms with van der Waals surface area (Å²) in [6, 6.07) is 0. The smallest absolute Gasteiger partial charge is 0.305 e. The summed E-state index contributed by atoms with van der Waals surface area (Å²) in [7, 11) is 0. The lowest BCUT2D eigenvalue weighted by molar-refractivity contribution is -0.143. The molecule has 0 aliphatic rings. The Hall–Kier alpha value is -0.570. The van der Waals surface area contributed by atoms with Crippen LogP contribution in [0, 0.1) is 0 Å². The molecule has 0 radical (unpaired) electrons. The molecule has 0 aliphatic heterocycles. The number of ether oxygens (including phenoxy) is 1. The first-order chi connectivity index (χ1) is 10.3. The van der Waals surface area contributed by atoms with Gasteiger partial charge in [-0.3, -0.25) is 4.79 Å². The lowest BCUT2D eigenvalue weighted by Crippen LogP contribution is -2.05. The van der Waals surface area contributed by atoms with E-state index in [4.69, 9.17) is 4.74 Å². The molecule has 3 nitrogen and oxygen atoms in total. The fraction of sp³-hybridized carbons (Fsp3) is 0.947. The van der Waals surface area contributed by atoms with Crippen LogP contribution in [-0.4, -0.2) is 12.6 Å². The van der Waals surface area contributed by atoms with Crippen LogP contribution in [0.1, 0.15) is 110 Å². The van der Waals surface area contributed by atoms with Crippen LogP contribution in [0.5, 0.6) is 0 Å². The Kier molecular flexibility index (Phi) is 22.0. The summed E-state index contributed by atoms with van der Waals surface area (Å²) in [5.74, 6) is 0.00781. The van der Waals surface area contributed by atoms with Gasteiger partial charge < -0.3 is 10.9 Å². The van der Waals surface area contributed by atoms with Crippen LogP contribution in [0.4, 0.5) is 0 Å². The lowest BCUT2D eigenvalue weighted by Gasteiger charge is -2.05. The Morgan fingerprint density at radius 2 is 1.05 bits per heavy atom. The van der Waals surface area contributed by atoms with Crippen molar-refractivity contribution in [3.63, 3.8) is 0 Å². The third kappa shape index (κ3) is 19.4. The average molecular weight is 317 g/mol. The van der Waals surface area contributed by atoms with Crippen LogP contribution < -0.4 is 6.15 Å². The summed E-state index contributed by atoms with van der Waals surface area (Å²) >= 11 is 0. The van der Waals surface area contributed by atoms with Gasteiger partial charge in [-0.05, 0) is 12.8 Å². The lowest BCUT2D eigenvalue weighted by atomic mass is 10.1. The predicted octanol–water partition coefficient (Wildman–Crippen LogP) is 6.80. The summed E-state index contributed by atoms with van der Waals surface area (Å²) < 4.78 is 5.28. The van der Waals surface area contributed by atoms with E-state index < -0.39 is 0 Å². The Balaban J connectivity index is 0. The van der Waals surface area contributed by atoms with Gasteiger partial charge in [-0.2, -0.15) is 0 Å². The quantitative estimate of drug-likeness (QED) is 0.251. The number of esters is 1. The molecule has 0 saturated carbocycles. The van der Waals surface area contributed by atoms with Gasteiger partial charge in [-0.25, -0.2) is 0 Å². The van der Waals surface area contributed by atoms with Crippen LogP contribution in [0.3, 0.4) is 0 Å². The highest BCUT2D eigenvalue weighted by Gasteiger charge is 2.02. The summed E-state index contributed by atoms with van der Waals surface area (Å²) in [6.45, 7) is 5.10. The van der Waals surface area contributed by atoms with Crippen molar-refractivity contribution in [2.75, 3.05) is 6.61 Å². The molecule has 0 spiro atoms. The third-order valence-corrected chi connectivity index (χ3v) is 4.00. The van der Waals surface area contributed by atoms with Crippen LogP contribution in [-0.2, 0) is 9.53 Å². The van der Waals surface area contributed by atoms with Crippen LogP contribution in [0.15, 0.2) is 0 Å². The second kappa shape index (κ2) is 20.4. The topological polar surface area (TPSA) is 62.8 Å². The summed E-state index contributed by atoms with van der Waals surface area (Å²) in [6.07, 6.45) is 18.3. The van der Waals surface area contributed by atoms with Gasteiger partial charge in [0.25, 0.3) is 0 Å². The van der Waals surface area contributed by atoms with E-state index in [1.54, 1.807) is 0 Å². The van der Waals surface area contributed by atoms with Crippen molar-refractivity contribution in [2.24, 2.45) is 0 Å². The molecular formula is C19H42NO2+. The predicted molar refractivity (Wildman–Crippen MR) is 97.5 cm³/mol. The van der Waals surface area contributed by atoms with Crippen molar-refractivity contribution in [3.05, 3.63) is 0 Å². The second-order valence-electron chi connectivity index (χ2n) is 6.21. The van der Waals surface area contributed by atoms with Gasteiger partial charge in [0, 0.05) is 6.42 Å². The Morgan fingerprint density at radius 3 is 1.55 bits per heavy atom. The zero-order chi connectivity index (χ0) is 15.6. The molecule has 0 aliphatic carbocycles. The third-order valence-electron chi connectivity index (χ3n) is 4.00. The second-order valence-corrected chi connectivity index (χ2v) is 6.21. The van der Waals surface area contributed by atoms with Crippen molar-refractivity contribution in [2.45, 2.75) is 110 Å².